The molecule has 1 aromatic rings. The summed E-state index contributed by atoms with van der Waals surface area (Å²) in [6, 6.07) is 3.58. The quantitative estimate of drug-likeness (QED) is 0.847. The molecule has 0 saturated carbocycles. The fraction of sp³-hybridized carbons (Fsp3) is 0.429. The van der Waals surface area contributed by atoms with Crippen molar-refractivity contribution in [2.75, 3.05) is 18.0 Å². The van der Waals surface area contributed by atoms with E-state index in [9.17, 15) is 13.6 Å². The molecule has 2 aliphatic rings. The maximum absolute atomic E-state index is 14.1. The van der Waals surface area contributed by atoms with Crippen LogP contribution in [-0.2, 0) is 4.79 Å². The molecular weight excluding hydrogens is 264 g/mol. The zero-order valence-corrected chi connectivity index (χ0v) is 10.7. The molecule has 2 fully saturated rings. The number of halogens is 2. The number of anilines is 1. The monoisotopic (exact) mass is 277 g/mol. The number of benzene rings is 1. The molecular formula is C14H13F2N3O. The lowest BCUT2D eigenvalue weighted by molar-refractivity contribution is -0.123. The van der Waals surface area contributed by atoms with Gasteiger partial charge in [-0.15, -0.1) is 0 Å². The lowest BCUT2D eigenvalue weighted by Gasteiger charge is -2.37. The van der Waals surface area contributed by atoms with Crippen LogP contribution in [0.4, 0.5) is 14.5 Å². The van der Waals surface area contributed by atoms with Crippen LogP contribution in [-0.4, -0.2) is 25.0 Å². The van der Waals surface area contributed by atoms with Crippen LogP contribution in [0.1, 0.15) is 18.4 Å². The van der Waals surface area contributed by atoms with Gasteiger partial charge < -0.3 is 10.2 Å². The van der Waals surface area contributed by atoms with E-state index in [1.54, 1.807) is 11.0 Å². The molecule has 2 heterocycles. The van der Waals surface area contributed by atoms with Crippen molar-refractivity contribution in [1.29, 1.82) is 5.26 Å². The van der Waals surface area contributed by atoms with Gasteiger partial charge in [0.25, 0.3) is 0 Å². The highest BCUT2D eigenvalue weighted by Crippen LogP contribution is 2.34. The second-order valence-corrected chi connectivity index (χ2v) is 5.15. The number of rotatable bonds is 1. The third-order valence-corrected chi connectivity index (χ3v) is 4.03. The van der Waals surface area contributed by atoms with Gasteiger partial charge in [0.2, 0.25) is 5.91 Å². The standard InChI is InChI=1S/C14H13F2N3O/c15-10-4-8(6-17)5-11(16)13(10)19-3-1-2-9-12(19)7-18-14(9)20/h4-5,9,12H,1-3,7H2,(H,18,20). The highest BCUT2D eigenvalue weighted by atomic mass is 19.1. The first kappa shape index (κ1) is 12.9. The van der Waals surface area contributed by atoms with E-state index in [0.29, 0.717) is 19.5 Å². The summed E-state index contributed by atoms with van der Waals surface area (Å²) in [6.45, 7) is 0.915. The van der Waals surface area contributed by atoms with Gasteiger partial charge in [-0.3, -0.25) is 4.79 Å². The van der Waals surface area contributed by atoms with Crippen LogP contribution in [0, 0.1) is 28.9 Å². The van der Waals surface area contributed by atoms with Gasteiger partial charge in [-0.1, -0.05) is 0 Å². The summed E-state index contributed by atoms with van der Waals surface area (Å²) >= 11 is 0. The Morgan fingerprint density at radius 1 is 1.35 bits per heavy atom. The van der Waals surface area contributed by atoms with Crippen molar-refractivity contribution in [2.45, 2.75) is 18.9 Å². The molecule has 2 saturated heterocycles. The lowest BCUT2D eigenvalue weighted by Crippen LogP contribution is -2.46. The molecule has 6 heteroatoms. The van der Waals surface area contributed by atoms with Crippen molar-refractivity contribution in [1.82, 2.24) is 5.32 Å². The highest BCUT2D eigenvalue weighted by Gasteiger charge is 2.42. The number of hydrogen-bond donors (Lipinski definition) is 1. The van der Waals surface area contributed by atoms with Gasteiger partial charge in [-0.25, -0.2) is 8.78 Å². The Bertz CT molecular complexity index is 588. The molecule has 0 aromatic heterocycles. The van der Waals surface area contributed by atoms with Gasteiger partial charge in [0.05, 0.1) is 23.6 Å². The number of nitriles is 1. The Labute approximate surface area is 115 Å². The first-order valence-corrected chi connectivity index (χ1v) is 6.55. The van der Waals surface area contributed by atoms with Crippen LogP contribution in [0.5, 0.6) is 0 Å². The fourth-order valence-electron chi connectivity index (χ4n) is 3.13. The summed E-state index contributed by atoms with van der Waals surface area (Å²) in [6.07, 6.45) is 1.46. The predicted molar refractivity (Wildman–Crippen MR) is 67.9 cm³/mol. The number of nitrogens with one attached hydrogen (secondary N) is 1. The van der Waals surface area contributed by atoms with Crippen molar-refractivity contribution in [3.63, 3.8) is 0 Å². The molecule has 1 amide bonds. The van der Waals surface area contributed by atoms with Crippen LogP contribution in [0.2, 0.25) is 0 Å². The molecule has 4 nitrogen and oxygen atoms in total. The predicted octanol–water partition coefficient (Wildman–Crippen LogP) is 1.55. The van der Waals surface area contributed by atoms with Crippen LogP contribution in [0.3, 0.4) is 0 Å². The number of carbonyl (C=O) groups is 1. The summed E-state index contributed by atoms with van der Waals surface area (Å²) in [4.78, 5) is 13.3. The second-order valence-electron chi connectivity index (χ2n) is 5.15. The van der Waals surface area contributed by atoms with Gasteiger partial charge in [0.15, 0.2) is 11.6 Å². The molecule has 104 valence electrons. The molecule has 0 radical (unpaired) electrons. The zero-order valence-electron chi connectivity index (χ0n) is 10.7. The van der Waals surface area contributed by atoms with E-state index in [4.69, 9.17) is 5.26 Å². The summed E-state index contributed by atoms with van der Waals surface area (Å²) < 4.78 is 28.2. The molecule has 0 aliphatic carbocycles. The largest absolute Gasteiger partial charge is 0.361 e. The maximum atomic E-state index is 14.1. The minimum Gasteiger partial charge on any atom is -0.361 e. The molecule has 2 aliphatic heterocycles. The molecule has 1 N–H and O–H groups in total. The van der Waals surface area contributed by atoms with Gasteiger partial charge in [0.1, 0.15) is 5.69 Å². The maximum Gasteiger partial charge on any atom is 0.225 e. The zero-order chi connectivity index (χ0) is 14.3. The summed E-state index contributed by atoms with van der Waals surface area (Å²) in [7, 11) is 0. The highest BCUT2D eigenvalue weighted by molar-refractivity contribution is 5.83. The van der Waals surface area contributed by atoms with Crippen molar-refractivity contribution < 1.29 is 13.6 Å². The molecule has 3 rings (SSSR count). The first-order chi connectivity index (χ1) is 9.61. The molecule has 2 unspecified atom stereocenters. The Morgan fingerprint density at radius 3 is 2.70 bits per heavy atom. The van der Waals surface area contributed by atoms with Gasteiger partial charge >= 0.3 is 0 Å². The minimum absolute atomic E-state index is 0.0436. The van der Waals surface area contributed by atoms with E-state index in [1.165, 1.54) is 0 Å². The Morgan fingerprint density at radius 2 is 2.05 bits per heavy atom. The number of nitrogens with zero attached hydrogens (tertiary/aromatic N) is 2. The molecule has 2 atom stereocenters. The Kier molecular flexibility index (Phi) is 3.05. The van der Waals surface area contributed by atoms with E-state index < -0.39 is 11.6 Å². The smallest absolute Gasteiger partial charge is 0.225 e. The van der Waals surface area contributed by atoms with Crippen LogP contribution in [0.25, 0.3) is 0 Å². The SMILES string of the molecule is N#Cc1cc(F)c(N2CCCC3C(=O)NCC32)c(F)c1. The first-order valence-electron chi connectivity index (χ1n) is 6.55. The molecule has 0 spiro atoms. The Hall–Kier alpha value is -2.16. The normalized spacial score (nSPS) is 25.1. The molecule has 0 bridgehead atoms. The van der Waals surface area contributed by atoms with E-state index in [2.05, 4.69) is 5.32 Å². The van der Waals surface area contributed by atoms with Crippen LogP contribution >= 0.6 is 0 Å². The second kappa shape index (κ2) is 4.75. The van der Waals surface area contributed by atoms with E-state index in [1.807, 2.05) is 0 Å². The number of carbonyl (C=O) groups excluding carboxylic acids is 1. The van der Waals surface area contributed by atoms with E-state index >= 15 is 0 Å². The number of piperidine rings is 1. The van der Waals surface area contributed by atoms with Crippen molar-refractivity contribution in [3.05, 3.63) is 29.3 Å². The van der Waals surface area contributed by atoms with Crippen LogP contribution < -0.4 is 10.2 Å². The van der Waals surface area contributed by atoms with Gasteiger partial charge in [0, 0.05) is 13.1 Å². The number of hydrogen-bond acceptors (Lipinski definition) is 3. The van der Waals surface area contributed by atoms with E-state index in [0.717, 1.165) is 18.6 Å². The van der Waals surface area contributed by atoms with Crippen molar-refractivity contribution >= 4 is 11.6 Å². The molecule has 20 heavy (non-hydrogen) atoms. The molecule has 1 aromatic carbocycles. The summed E-state index contributed by atoms with van der Waals surface area (Å²) in [5.41, 5.74) is -0.173. The number of fused-ring (bicyclic) bond motifs is 1. The summed E-state index contributed by atoms with van der Waals surface area (Å²) in [5, 5.41) is 11.5. The van der Waals surface area contributed by atoms with Gasteiger partial charge in [-0.05, 0) is 25.0 Å². The average Bonchev–Trinajstić information content (AvgIpc) is 2.81. The van der Waals surface area contributed by atoms with Crippen molar-refractivity contribution in [2.24, 2.45) is 5.92 Å². The van der Waals surface area contributed by atoms with Gasteiger partial charge in [-0.2, -0.15) is 5.26 Å². The number of amides is 1. The fourth-order valence-corrected chi connectivity index (χ4v) is 3.13. The van der Waals surface area contributed by atoms with Crippen molar-refractivity contribution in [3.8, 4) is 6.07 Å². The average molecular weight is 277 g/mol. The minimum atomic E-state index is -0.749. The van der Waals surface area contributed by atoms with E-state index in [-0.39, 0.29) is 29.1 Å². The summed E-state index contributed by atoms with van der Waals surface area (Å²) in [5.74, 6) is -1.75. The Balaban J connectivity index is 2.01. The lowest BCUT2D eigenvalue weighted by atomic mass is 9.91. The third-order valence-electron chi connectivity index (χ3n) is 4.03. The topological polar surface area (TPSA) is 56.1 Å². The third kappa shape index (κ3) is 1.90. The van der Waals surface area contributed by atoms with Crippen LogP contribution in [0.15, 0.2) is 12.1 Å².